The van der Waals surface area contributed by atoms with Crippen LogP contribution in [0.15, 0.2) is 53.3 Å². The van der Waals surface area contributed by atoms with Crippen LogP contribution in [0.3, 0.4) is 0 Å². The number of hydrogen-bond acceptors (Lipinski definition) is 2. The van der Waals surface area contributed by atoms with Crippen molar-refractivity contribution in [2.75, 3.05) is 0 Å². The van der Waals surface area contributed by atoms with Gasteiger partial charge in [-0.1, -0.05) is 35.9 Å². The third-order valence-electron chi connectivity index (χ3n) is 3.18. The molecule has 0 saturated carbocycles. The second-order valence-electron chi connectivity index (χ2n) is 4.69. The van der Waals surface area contributed by atoms with Crippen molar-refractivity contribution in [3.63, 3.8) is 0 Å². The molecule has 0 bridgehead atoms. The Kier molecular flexibility index (Phi) is 3.73. The van der Waals surface area contributed by atoms with Crippen LogP contribution >= 0.6 is 11.6 Å². The van der Waals surface area contributed by atoms with Gasteiger partial charge >= 0.3 is 11.9 Å². The number of halogens is 4. The molecule has 1 heterocycles. The average Bonchev–Trinajstić information content (AvgIpc) is 2.88. The first-order valence-corrected chi connectivity index (χ1v) is 6.86. The molecule has 0 aliphatic heterocycles. The number of para-hydroxylation sites is 1. The molecule has 0 spiro atoms. The number of aromatic amines is 1. The van der Waals surface area contributed by atoms with Crippen LogP contribution in [0, 0.1) is 0 Å². The van der Waals surface area contributed by atoms with Crippen molar-refractivity contribution in [3.8, 4) is 17.1 Å². The minimum absolute atomic E-state index is 0.0950. The predicted octanol–water partition coefficient (Wildman–Crippen LogP) is 3.90. The largest absolute Gasteiger partial charge is 0.418 e. The van der Waals surface area contributed by atoms with E-state index < -0.39 is 17.4 Å². The van der Waals surface area contributed by atoms with Gasteiger partial charge in [0.25, 0.3) is 0 Å². The van der Waals surface area contributed by atoms with Crippen molar-refractivity contribution in [1.29, 1.82) is 0 Å². The molecule has 0 amide bonds. The molecule has 23 heavy (non-hydrogen) atoms. The van der Waals surface area contributed by atoms with Crippen LogP contribution < -0.4 is 5.69 Å². The lowest BCUT2D eigenvalue weighted by molar-refractivity contribution is -0.137. The zero-order valence-corrected chi connectivity index (χ0v) is 12.2. The van der Waals surface area contributed by atoms with Gasteiger partial charge in [0.1, 0.15) is 0 Å². The van der Waals surface area contributed by atoms with Crippen molar-refractivity contribution in [3.05, 3.63) is 69.6 Å². The van der Waals surface area contributed by atoms with Crippen LogP contribution in [0.4, 0.5) is 13.2 Å². The number of hydrogen-bond donors (Lipinski definition) is 1. The fourth-order valence-electron chi connectivity index (χ4n) is 2.16. The topological polar surface area (TPSA) is 50.7 Å². The minimum Gasteiger partial charge on any atom is -0.288 e. The van der Waals surface area contributed by atoms with E-state index in [0.717, 1.165) is 6.07 Å². The van der Waals surface area contributed by atoms with E-state index in [-0.39, 0.29) is 11.5 Å². The number of aromatic nitrogens is 3. The highest BCUT2D eigenvalue weighted by atomic mass is 35.5. The molecule has 118 valence electrons. The van der Waals surface area contributed by atoms with E-state index in [0.29, 0.717) is 15.3 Å². The zero-order chi connectivity index (χ0) is 16.6. The lowest BCUT2D eigenvalue weighted by Crippen LogP contribution is -2.20. The van der Waals surface area contributed by atoms with Crippen LogP contribution in [-0.2, 0) is 6.18 Å². The second-order valence-corrected chi connectivity index (χ2v) is 5.09. The monoisotopic (exact) mass is 339 g/mol. The molecule has 0 aliphatic carbocycles. The molecule has 0 atom stereocenters. The summed E-state index contributed by atoms with van der Waals surface area (Å²) in [6.45, 7) is 0. The highest BCUT2D eigenvalue weighted by molar-refractivity contribution is 6.33. The smallest absolute Gasteiger partial charge is 0.288 e. The van der Waals surface area contributed by atoms with E-state index in [4.69, 9.17) is 11.6 Å². The molecular weight excluding hydrogens is 331 g/mol. The van der Waals surface area contributed by atoms with Crippen LogP contribution in [0.25, 0.3) is 17.1 Å². The highest BCUT2D eigenvalue weighted by Crippen LogP contribution is 2.33. The van der Waals surface area contributed by atoms with Crippen LogP contribution in [-0.4, -0.2) is 14.8 Å². The van der Waals surface area contributed by atoms with E-state index >= 15 is 0 Å². The summed E-state index contributed by atoms with van der Waals surface area (Å²) in [6.07, 6.45) is -4.60. The van der Waals surface area contributed by atoms with Gasteiger partial charge in [-0.2, -0.15) is 17.9 Å². The molecule has 1 N–H and O–H groups in total. The Balaban J connectivity index is 2.18. The van der Waals surface area contributed by atoms with Crippen molar-refractivity contribution >= 4 is 11.6 Å². The molecular formula is C15H9ClF3N3O. The summed E-state index contributed by atoms with van der Waals surface area (Å²) in [5.41, 5.74) is -1.65. The number of benzene rings is 2. The molecule has 0 radical (unpaired) electrons. The number of nitrogens with zero attached hydrogens (tertiary/aromatic N) is 2. The summed E-state index contributed by atoms with van der Waals surface area (Å²) < 4.78 is 39.9. The molecule has 1 aromatic heterocycles. The molecule has 0 unspecified atom stereocenters. The van der Waals surface area contributed by atoms with E-state index in [1.54, 1.807) is 24.3 Å². The molecule has 0 aliphatic rings. The first-order valence-electron chi connectivity index (χ1n) is 6.49. The fourth-order valence-corrected chi connectivity index (χ4v) is 2.39. The number of H-pyrrole nitrogens is 1. The van der Waals surface area contributed by atoms with Crippen LogP contribution in [0.2, 0.25) is 5.02 Å². The van der Waals surface area contributed by atoms with Crippen molar-refractivity contribution < 1.29 is 13.2 Å². The number of nitrogens with one attached hydrogen (secondary N) is 1. The van der Waals surface area contributed by atoms with Gasteiger partial charge in [-0.15, -0.1) is 5.10 Å². The van der Waals surface area contributed by atoms with E-state index in [9.17, 15) is 18.0 Å². The molecule has 8 heteroatoms. The Bertz CT molecular complexity index is 915. The summed E-state index contributed by atoms with van der Waals surface area (Å²) in [5, 5.41) is 4.28. The molecule has 0 fully saturated rings. The van der Waals surface area contributed by atoms with Gasteiger partial charge in [0.15, 0.2) is 5.82 Å². The SMILES string of the molecule is O=c1[nH]c(-c2ccccc2Cl)nn1-c1ccccc1C(F)(F)F. The summed E-state index contributed by atoms with van der Waals surface area (Å²) >= 11 is 6.02. The Morgan fingerprint density at radius 2 is 1.70 bits per heavy atom. The van der Waals surface area contributed by atoms with Crippen molar-refractivity contribution in [1.82, 2.24) is 14.8 Å². The summed E-state index contributed by atoms with van der Waals surface area (Å²) in [6, 6.07) is 11.3. The van der Waals surface area contributed by atoms with Crippen molar-refractivity contribution in [2.45, 2.75) is 6.18 Å². The second kappa shape index (κ2) is 5.58. The Labute approximate surface area is 133 Å². The van der Waals surface area contributed by atoms with Gasteiger partial charge in [-0.25, -0.2) is 4.79 Å². The van der Waals surface area contributed by atoms with E-state index in [2.05, 4.69) is 10.1 Å². The Morgan fingerprint density at radius 1 is 1.04 bits per heavy atom. The maximum Gasteiger partial charge on any atom is 0.418 e. The predicted molar refractivity (Wildman–Crippen MR) is 79.6 cm³/mol. The van der Waals surface area contributed by atoms with Crippen LogP contribution in [0.1, 0.15) is 5.56 Å². The van der Waals surface area contributed by atoms with Gasteiger partial charge in [-0.3, -0.25) is 4.98 Å². The quantitative estimate of drug-likeness (QED) is 0.770. The van der Waals surface area contributed by atoms with Crippen molar-refractivity contribution in [2.24, 2.45) is 0 Å². The summed E-state index contributed by atoms with van der Waals surface area (Å²) in [4.78, 5) is 14.5. The third kappa shape index (κ3) is 2.87. The van der Waals surface area contributed by atoms with Gasteiger partial charge < -0.3 is 0 Å². The van der Waals surface area contributed by atoms with E-state index in [1.807, 2.05) is 0 Å². The maximum absolute atomic E-state index is 13.1. The first-order chi connectivity index (χ1) is 10.9. The average molecular weight is 340 g/mol. The number of alkyl halides is 3. The highest BCUT2D eigenvalue weighted by Gasteiger charge is 2.34. The third-order valence-corrected chi connectivity index (χ3v) is 3.51. The molecule has 4 nitrogen and oxygen atoms in total. The van der Waals surface area contributed by atoms with E-state index in [1.165, 1.54) is 18.2 Å². The first kappa shape index (κ1) is 15.4. The molecule has 2 aromatic carbocycles. The lowest BCUT2D eigenvalue weighted by atomic mass is 10.2. The van der Waals surface area contributed by atoms with Gasteiger partial charge in [-0.05, 0) is 24.3 Å². The van der Waals surface area contributed by atoms with Gasteiger partial charge in [0.05, 0.1) is 16.3 Å². The molecule has 0 saturated heterocycles. The Hall–Kier alpha value is -2.54. The number of rotatable bonds is 2. The minimum atomic E-state index is -4.60. The maximum atomic E-state index is 13.1. The normalized spacial score (nSPS) is 11.7. The summed E-state index contributed by atoms with van der Waals surface area (Å²) in [5.74, 6) is 0.0950. The van der Waals surface area contributed by atoms with Crippen LogP contribution in [0.5, 0.6) is 0 Å². The molecule has 3 rings (SSSR count). The fraction of sp³-hybridized carbons (Fsp3) is 0.0667. The summed E-state index contributed by atoms with van der Waals surface area (Å²) in [7, 11) is 0. The van der Waals surface area contributed by atoms with Gasteiger partial charge in [0.2, 0.25) is 0 Å². The Morgan fingerprint density at radius 3 is 2.39 bits per heavy atom. The zero-order valence-electron chi connectivity index (χ0n) is 11.4. The standard InChI is InChI=1S/C15H9ClF3N3O/c16-11-7-3-1-5-9(11)13-20-14(23)22(21-13)12-8-4-2-6-10(12)15(17,18)19/h1-8H,(H,20,21,23). The van der Waals surface area contributed by atoms with Gasteiger partial charge in [0, 0.05) is 5.56 Å². The molecule has 3 aromatic rings. The lowest BCUT2D eigenvalue weighted by Gasteiger charge is -2.11.